The maximum atomic E-state index is 4.65. The molecule has 3 nitrogen and oxygen atoms in total. The summed E-state index contributed by atoms with van der Waals surface area (Å²) in [6.45, 7) is 7.58. The van der Waals surface area contributed by atoms with Crippen LogP contribution in [0.4, 0.5) is 0 Å². The van der Waals surface area contributed by atoms with Crippen molar-refractivity contribution >= 4 is 16.3 Å². The fraction of sp³-hybridized carbons (Fsp3) is 0.667. The van der Waals surface area contributed by atoms with Gasteiger partial charge in [0.05, 0.1) is 11.4 Å². The summed E-state index contributed by atoms with van der Waals surface area (Å²) in [5.74, 6) is 0.918. The van der Waals surface area contributed by atoms with Gasteiger partial charge in [-0.05, 0) is 45.4 Å². The van der Waals surface area contributed by atoms with E-state index in [0.29, 0.717) is 6.04 Å². The average Bonchev–Trinajstić information content (AvgIpc) is 2.85. The Morgan fingerprint density at radius 1 is 1.32 bits per heavy atom. The lowest BCUT2D eigenvalue weighted by atomic mass is 9.87. The van der Waals surface area contributed by atoms with E-state index in [1.54, 1.807) is 11.3 Å². The topological polar surface area (TPSA) is 29.3 Å². The molecule has 0 aliphatic heterocycles. The van der Waals surface area contributed by atoms with Gasteiger partial charge in [-0.1, -0.05) is 6.92 Å². The lowest BCUT2D eigenvalue weighted by Crippen LogP contribution is -2.32. The molecule has 2 aromatic heterocycles. The summed E-state index contributed by atoms with van der Waals surface area (Å²) in [5, 5.41) is 3.73. The fourth-order valence-corrected chi connectivity index (χ4v) is 3.92. The Morgan fingerprint density at radius 3 is 2.79 bits per heavy atom. The SMILES string of the molecule is Cc1cn2c(CNC3CCC(C)CC3)c(C)nc2s1. The van der Waals surface area contributed by atoms with Crippen LogP contribution < -0.4 is 5.32 Å². The highest BCUT2D eigenvalue weighted by molar-refractivity contribution is 7.17. The molecule has 0 atom stereocenters. The minimum absolute atomic E-state index is 0.695. The molecule has 0 aromatic carbocycles. The van der Waals surface area contributed by atoms with Gasteiger partial charge in [0.2, 0.25) is 0 Å². The minimum atomic E-state index is 0.695. The first kappa shape index (κ1) is 13.1. The highest BCUT2D eigenvalue weighted by Crippen LogP contribution is 2.24. The predicted octanol–water partition coefficient (Wildman–Crippen LogP) is 3.68. The van der Waals surface area contributed by atoms with Crippen molar-refractivity contribution in [3.63, 3.8) is 0 Å². The Kier molecular flexibility index (Phi) is 3.63. The Bertz CT molecular complexity index is 561. The molecule has 0 amide bonds. The first-order valence-electron chi connectivity index (χ1n) is 7.31. The number of hydrogen-bond acceptors (Lipinski definition) is 3. The largest absolute Gasteiger partial charge is 0.308 e. The first-order chi connectivity index (χ1) is 9.13. The molecule has 1 aliphatic carbocycles. The molecule has 104 valence electrons. The van der Waals surface area contributed by atoms with Crippen molar-refractivity contribution in [3.05, 3.63) is 22.5 Å². The van der Waals surface area contributed by atoms with Crippen LogP contribution in [0, 0.1) is 19.8 Å². The Hall–Kier alpha value is -0.870. The van der Waals surface area contributed by atoms with E-state index in [2.05, 4.69) is 41.7 Å². The molecule has 1 N–H and O–H groups in total. The number of nitrogens with zero attached hydrogens (tertiary/aromatic N) is 2. The zero-order valence-corrected chi connectivity index (χ0v) is 12.9. The number of aromatic nitrogens is 2. The van der Waals surface area contributed by atoms with Gasteiger partial charge in [0.1, 0.15) is 0 Å². The van der Waals surface area contributed by atoms with Gasteiger partial charge in [-0.3, -0.25) is 4.40 Å². The lowest BCUT2D eigenvalue weighted by Gasteiger charge is -2.27. The van der Waals surface area contributed by atoms with Gasteiger partial charge in [0, 0.05) is 23.7 Å². The molecule has 0 radical (unpaired) electrons. The van der Waals surface area contributed by atoms with E-state index >= 15 is 0 Å². The second kappa shape index (κ2) is 5.25. The molecule has 1 aliphatic rings. The third-order valence-corrected chi connectivity index (χ3v) is 5.21. The first-order valence-corrected chi connectivity index (χ1v) is 8.12. The summed E-state index contributed by atoms with van der Waals surface area (Å²) in [7, 11) is 0. The Labute approximate surface area is 119 Å². The number of aryl methyl sites for hydroxylation is 2. The van der Waals surface area contributed by atoms with Gasteiger partial charge in [-0.25, -0.2) is 4.98 Å². The van der Waals surface area contributed by atoms with Gasteiger partial charge in [-0.2, -0.15) is 0 Å². The molecular weight excluding hydrogens is 254 g/mol. The van der Waals surface area contributed by atoms with E-state index in [4.69, 9.17) is 0 Å². The molecule has 0 spiro atoms. The summed E-state index contributed by atoms with van der Waals surface area (Å²) in [4.78, 5) is 7.11. The smallest absolute Gasteiger partial charge is 0.194 e. The summed E-state index contributed by atoms with van der Waals surface area (Å²) >= 11 is 1.77. The average molecular weight is 277 g/mol. The van der Waals surface area contributed by atoms with E-state index in [1.807, 2.05) is 0 Å². The molecule has 0 saturated heterocycles. The zero-order valence-electron chi connectivity index (χ0n) is 12.1. The maximum Gasteiger partial charge on any atom is 0.194 e. The normalized spacial score (nSPS) is 24.2. The van der Waals surface area contributed by atoms with Gasteiger partial charge >= 0.3 is 0 Å². The van der Waals surface area contributed by atoms with E-state index in [1.165, 1.54) is 41.9 Å². The molecule has 19 heavy (non-hydrogen) atoms. The fourth-order valence-electron chi connectivity index (χ4n) is 3.03. The van der Waals surface area contributed by atoms with Crippen LogP contribution in [-0.2, 0) is 6.54 Å². The second-order valence-corrected chi connectivity index (χ2v) is 7.19. The zero-order chi connectivity index (χ0) is 13.4. The lowest BCUT2D eigenvalue weighted by molar-refractivity contribution is 0.305. The molecule has 3 rings (SSSR count). The summed E-state index contributed by atoms with van der Waals surface area (Å²) < 4.78 is 2.26. The van der Waals surface area contributed by atoms with Crippen LogP contribution >= 0.6 is 11.3 Å². The van der Waals surface area contributed by atoms with E-state index in [9.17, 15) is 0 Å². The molecule has 4 heteroatoms. The monoisotopic (exact) mass is 277 g/mol. The highest BCUT2D eigenvalue weighted by Gasteiger charge is 2.19. The van der Waals surface area contributed by atoms with Crippen molar-refractivity contribution in [1.82, 2.24) is 14.7 Å². The van der Waals surface area contributed by atoms with Crippen LogP contribution in [0.2, 0.25) is 0 Å². The molecule has 2 aromatic rings. The molecule has 0 bridgehead atoms. The van der Waals surface area contributed by atoms with Gasteiger partial charge in [-0.15, -0.1) is 11.3 Å². The van der Waals surface area contributed by atoms with E-state index < -0.39 is 0 Å². The van der Waals surface area contributed by atoms with Crippen LogP contribution in [-0.4, -0.2) is 15.4 Å². The van der Waals surface area contributed by atoms with Crippen LogP contribution in [0.3, 0.4) is 0 Å². The number of imidazole rings is 1. The van der Waals surface area contributed by atoms with Gasteiger partial charge in [0.15, 0.2) is 4.96 Å². The highest BCUT2D eigenvalue weighted by atomic mass is 32.1. The van der Waals surface area contributed by atoms with Crippen molar-refractivity contribution in [2.45, 2.75) is 59.0 Å². The quantitative estimate of drug-likeness (QED) is 0.927. The molecule has 0 unspecified atom stereocenters. The van der Waals surface area contributed by atoms with E-state index in [-0.39, 0.29) is 0 Å². The van der Waals surface area contributed by atoms with Crippen LogP contribution in [0.25, 0.3) is 4.96 Å². The van der Waals surface area contributed by atoms with Crippen molar-refractivity contribution in [2.24, 2.45) is 5.92 Å². The summed E-state index contributed by atoms with van der Waals surface area (Å²) in [6.07, 6.45) is 7.60. The standard InChI is InChI=1S/C15H23N3S/c1-10-4-6-13(7-5-10)16-8-14-12(3)17-15-18(14)9-11(2)19-15/h9-10,13,16H,4-8H2,1-3H3. The third-order valence-electron chi connectivity index (χ3n) is 4.32. The molecule has 1 fully saturated rings. The molecular formula is C15H23N3S. The molecule has 1 saturated carbocycles. The van der Waals surface area contributed by atoms with E-state index in [0.717, 1.165) is 17.4 Å². The van der Waals surface area contributed by atoms with Gasteiger partial charge in [0.25, 0.3) is 0 Å². The number of thiazole rings is 1. The third kappa shape index (κ3) is 2.70. The Morgan fingerprint density at radius 2 is 2.05 bits per heavy atom. The predicted molar refractivity (Wildman–Crippen MR) is 80.8 cm³/mol. The van der Waals surface area contributed by atoms with Crippen molar-refractivity contribution in [2.75, 3.05) is 0 Å². The minimum Gasteiger partial charge on any atom is -0.308 e. The van der Waals surface area contributed by atoms with Crippen LogP contribution in [0.15, 0.2) is 6.20 Å². The summed E-state index contributed by atoms with van der Waals surface area (Å²) in [5.41, 5.74) is 2.50. The second-order valence-electron chi connectivity index (χ2n) is 5.98. The number of nitrogens with one attached hydrogen (secondary N) is 1. The van der Waals surface area contributed by atoms with Crippen molar-refractivity contribution in [3.8, 4) is 0 Å². The van der Waals surface area contributed by atoms with Crippen molar-refractivity contribution in [1.29, 1.82) is 0 Å². The van der Waals surface area contributed by atoms with Crippen LogP contribution in [0.5, 0.6) is 0 Å². The Balaban J connectivity index is 1.69. The number of fused-ring (bicyclic) bond motifs is 1. The number of hydrogen-bond donors (Lipinski definition) is 1. The molecule has 2 heterocycles. The summed E-state index contributed by atoms with van der Waals surface area (Å²) in [6, 6.07) is 0.695. The maximum absolute atomic E-state index is 4.65. The number of rotatable bonds is 3. The van der Waals surface area contributed by atoms with Crippen molar-refractivity contribution < 1.29 is 0 Å². The van der Waals surface area contributed by atoms with Crippen LogP contribution in [0.1, 0.15) is 48.9 Å². The van der Waals surface area contributed by atoms with Gasteiger partial charge < -0.3 is 5.32 Å².